The molecule has 0 saturated heterocycles. The van der Waals surface area contributed by atoms with Crippen molar-refractivity contribution in [2.75, 3.05) is 12.5 Å². The Hall–Kier alpha value is -3.27. The first kappa shape index (κ1) is 17.5. The number of hydrogen-bond acceptors (Lipinski definition) is 4. The molecular formula is C22H22N2O2. The van der Waals surface area contributed by atoms with Crippen LogP contribution in [0, 0.1) is 6.92 Å². The van der Waals surface area contributed by atoms with Gasteiger partial charge in [0, 0.05) is 0 Å². The molecule has 0 bridgehead atoms. The number of aryl methyl sites for hydroxylation is 1. The van der Waals surface area contributed by atoms with E-state index in [-0.39, 0.29) is 0 Å². The van der Waals surface area contributed by atoms with Crippen LogP contribution in [0.1, 0.15) is 16.7 Å². The molecule has 0 saturated carbocycles. The van der Waals surface area contributed by atoms with Crippen LogP contribution < -0.4 is 14.9 Å². The van der Waals surface area contributed by atoms with Crippen molar-refractivity contribution in [3.05, 3.63) is 89.5 Å². The van der Waals surface area contributed by atoms with Crippen molar-refractivity contribution in [1.82, 2.24) is 0 Å². The molecule has 0 aliphatic carbocycles. The minimum absolute atomic E-state index is 0.486. The fraction of sp³-hybridized carbons (Fsp3) is 0.136. The SMILES string of the molecule is COc1ccc(/C=N/Nc2ccccc2)cc1OCc1ccc(C)cc1. The van der Waals surface area contributed by atoms with Crippen molar-refractivity contribution in [3.8, 4) is 11.5 Å². The maximum atomic E-state index is 5.95. The number of nitrogens with zero attached hydrogens (tertiary/aromatic N) is 1. The zero-order chi connectivity index (χ0) is 18.2. The van der Waals surface area contributed by atoms with Gasteiger partial charge in [-0.15, -0.1) is 0 Å². The normalized spacial score (nSPS) is 10.7. The Morgan fingerprint density at radius 3 is 2.42 bits per heavy atom. The highest BCUT2D eigenvalue weighted by Gasteiger charge is 2.06. The Morgan fingerprint density at radius 2 is 1.69 bits per heavy atom. The zero-order valence-corrected chi connectivity index (χ0v) is 15.0. The molecule has 0 atom stereocenters. The van der Waals surface area contributed by atoms with E-state index >= 15 is 0 Å². The Kier molecular flexibility index (Phi) is 5.88. The third-order valence-corrected chi connectivity index (χ3v) is 3.88. The van der Waals surface area contributed by atoms with E-state index in [0.29, 0.717) is 18.1 Å². The molecule has 0 aliphatic rings. The van der Waals surface area contributed by atoms with Gasteiger partial charge in [0.1, 0.15) is 6.61 Å². The van der Waals surface area contributed by atoms with Crippen LogP contribution in [0.5, 0.6) is 11.5 Å². The van der Waals surface area contributed by atoms with Crippen molar-refractivity contribution >= 4 is 11.9 Å². The summed E-state index contributed by atoms with van der Waals surface area (Å²) < 4.78 is 11.3. The highest BCUT2D eigenvalue weighted by atomic mass is 16.5. The first-order valence-electron chi connectivity index (χ1n) is 8.45. The Bertz CT molecular complexity index is 859. The van der Waals surface area contributed by atoms with Gasteiger partial charge in [-0.2, -0.15) is 5.10 Å². The smallest absolute Gasteiger partial charge is 0.162 e. The van der Waals surface area contributed by atoms with Crippen molar-refractivity contribution < 1.29 is 9.47 Å². The summed E-state index contributed by atoms with van der Waals surface area (Å²) in [5.74, 6) is 1.39. The van der Waals surface area contributed by atoms with Gasteiger partial charge in [0.25, 0.3) is 0 Å². The Balaban J connectivity index is 1.68. The number of para-hydroxylation sites is 1. The van der Waals surface area contributed by atoms with Gasteiger partial charge in [-0.05, 0) is 48.4 Å². The molecule has 0 aromatic heterocycles. The third kappa shape index (κ3) is 4.86. The van der Waals surface area contributed by atoms with Crippen molar-refractivity contribution in [2.24, 2.45) is 5.10 Å². The molecule has 0 heterocycles. The lowest BCUT2D eigenvalue weighted by molar-refractivity contribution is 0.284. The molecular weight excluding hydrogens is 324 g/mol. The first-order chi connectivity index (χ1) is 12.7. The predicted molar refractivity (Wildman–Crippen MR) is 106 cm³/mol. The van der Waals surface area contributed by atoms with Gasteiger partial charge in [-0.3, -0.25) is 5.43 Å². The Labute approximate surface area is 154 Å². The van der Waals surface area contributed by atoms with Gasteiger partial charge in [0.2, 0.25) is 0 Å². The summed E-state index contributed by atoms with van der Waals surface area (Å²) in [6.07, 6.45) is 1.76. The topological polar surface area (TPSA) is 42.8 Å². The second-order valence-corrected chi connectivity index (χ2v) is 5.92. The fourth-order valence-electron chi connectivity index (χ4n) is 2.43. The number of methoxy groups -OCH3 is 1. The first-order valence-corrected chi connectivity index (χ1v) is 8.45. The average molecular weight is 346 g/mol. The molecule has 0 aliphatic heterocycles. The van der Waals surface area contributed by atoms with E-state index in [2.05, 4.69) is 41.7 Å². The highest BCUT2D eigenvalue weighted by Crippen LogP contribution is 2.28. The van der Waals surface area contributed by atoms with Crippen molar-refractivity contribution in [3.63, 3.8) is 0 Å². The maximum Gasteiger partial charge on any atom is 0.162 e. The number of hydrazone groups is 1. The number of rotatable bonds is 7. The van der Waals surface area contributed by atoms with Gasteiger partial charge in [-0.1, -0.05) is 48.0 Å². The average Bonchev–Trinajstić information content (AvgIpc) is 2.68. The van der Waals surface area contributed by atoms with Crippen LogP contribution in [0.3, 0.4) is 0 Å². The largest absolute Gasteiger partial charge is 0.493 e. The van der Waals surface area contributed by atoms with Crippen LogP contribution >= 0.6 is 0 Å². The quantitative estimate of drug-likeness (QED) is 0.482. The lowest BCUT2D eigenvalue weighted by Gasteiger charge is -2.11. The number of anilines is 1. The molecule has 3 aromatic rings. The second-order valence-electron chi connectivity index (χ2n) is 5.92. The summed E-state index contributed by atoms with van der Waals surface area (Å²) in [5, 5.41) is 4.27. The minimum Gasteiger partial charge on any atom is -0.493 e. The van der Waals surface area contributed by atoms with E-state index in [0.717, 1.165) is 16.8 Å². The third-order valence-electron chi connectivity index (χ3n) is 3.88. The predicted octanol–water partition coefficient (Wildman–Crippen LogP) is 5.03. The van der Waals surface area contributed by atoms with Gasteiger partial charge < -0.3 is 9.47 Å². The number of ether oxygens (including phenoxy) is 2. The fourth-order valence-corrected chi connectivity index (χ4v) is 2.43. The van der Waals surface area contributed by atoms with Crippen molar-refractivity contribution in [2.45, 2.75) is 13.5 Å². The maximum absolute atomic E-state index is 5.95. The summed E-state index contributed by atoms with van der Waals surface area (Å²) in [5.41, 5.74) is 7.21. The molecule has 1 N–H and O–H groups in total. The molecule has 0 fully saturated rings. The standard InChI is InChI=1S/C22H22N2O2/c1-17-8-10-18(11-9-17)16-26-22-14-19(12-13-21(22)25-2)15-23-24-20-6-4-3-5-7-20/h3-15,24H,16H2,1-2H3/b23-15+. The summed E-state index contributed by atoms with van der Waals surface area (Å²) in [4.78, 5) is 0. The molecule has 0 unspecified atom stereocenters. The summed E-state index contributed by atoms with van der Waals surface area (Å²) in [6.45, 7) is 2.56. The Morgan fingerprint density at radius 1 is 0.923 bits per heavy atom. The van der Waals surface area contributed by atoms with Crippen LogP contribution in [0.15, 0.2) is 77.9 Å². The van der Waals surface area contributed by atoms with Crippen LogP contribution in [0.4, 0.5) is 5.69 Å². The molecule has 0 spiro atoms. The lowest BCUT2D eigenvalue weighted by atomic mass is 10.1. The van der Waals surface area contributed by atoms with E-state index in [1.54, 1.807) is 13.3 Å². The van der Waals surface area contributed by atoms with Crippen LogP contribution in [0.25, 0.3) is 0 Å². The highest BCUT2D eigenvalue weighted by molar-refractivity contribution is 5.81. The van der Waals surface area contributed by atoms with Crippen LogP contribution in [-0.4, -0.2) is 13.3 Å². The van der Waals surface area contributed by atoms with Gasteiger partial charge in [-0.25, -0.2) is 0 Å². The van der Waals surface area contributed by atoms with E-state index in [9.17, 15) is 0 Å². The monoisotopic (exact) mass is 346 g/mol. The van der Waals surface area contributed by atoms with Gasteiger partial charge >= 0.3 is 0 Å². The van der Waals surface area contributed by atoms with E-state index < -0.39 is 0 Å². The zero-order valence-electron chi connectivity index (χ0n) is 15.0. The van der Waals surface area contributed by atoms with Gasteiger partial charge in [0.05, 0.1) is 19.0 Å². The molecule has 26 heavy (non-hydrogen) atoms. The molecule has 3 rings (SSSR count). The van der Waals surface area contributed by atoms with Crippen molar-refractivity contribution in [1.29, 1.82) is 0 Å². The molecule has 132 valence electrons. The molecule has 0 amide bonds. The van der Waals surface area contributed by atoms with E-state index in [4.69, 9.17) is 9.47 Å². The molecule has 4 heteroatoms. The number of hydrogen-bond donors (Lipinski definition) is 1. The second kappa shape index (κ2) is 8.72. The van der Waals surface area contributed by atoms with Gasteiger partial charge in [0.15, 0.2) is 11.5 Å². The minimum atomic E-state index is 0.486. The number of benzene rings is 3. The lowest BCUT2D eigenvalue weighted by Crippen LogP contribution is -1.99. The van der Waals surface area contributed by atoms with Crippen LogP contribution in [-0.2, 0) is 6.61 Å². The molecule has 0 radical (unpaired) electrons. The van der Waals surface area contributed by atoms with E-state index in [1.807, 2.05) is 48.5 Å². The van der Waals surface area contributed by atoms with E-state index in [1.165, 1.54) is 5.56 Å². The number of nitrogens with one attached hydrogen (secondary N) is 1. The molecule has 3 aromatic carbocycles. The summed E-state index contributed by atoms with van der Waals surface area (Å²) >= 11 is 0. The summed E-state index contributed by atoms with van der Waals surface area (Å²) in [6, 6.07) is 23.8. The molecule has 4 nitrogen and oxygen atoms in total. The van der Waals surface area contributed by atoms with Crippen LogP contribution in [0.2, 0.25) is 0 Å². The summed E-state index contributed by atoms with van der Waals surface area (Å²) in [7, 11) is 1.64.